The molecule has 0 radical (unpaired) electrons. The van der Waals surface area contributed by atoms with Gasteiger partial charge in [-0.3, -0.25) is 4.40 Å². The van der Waals surface area contributed by atoms with E-state index in [1.807, 2.05) is 24.3 Å². The molecule has 2 N–H and O–H groups in total. The molecule has 2 heterocycles. The SMILES string of the molecule is NCc1c(Cc2ccc(Cl)cc2)nc2ccc(F)cn12. The molecule has 0 amide bonds. The maximum Gasteiger partial charge on any atom is 0.139 e. The summed E-state index contributed by atoms with van der Waals surface area (Å²) >= 11 is 5.87. The Hall–Kier alpha value is -1.91. The molecule has 0 fully saturated rings. The zero-order chi connectivity index (χ0) is 14.1. The Morgan fingerprint density at radius 2 is 1.90 bits per heavy atom. The van der Waals surface area contributed by atoms with Gasteiger partial charge in [0, 0.05) is 24.2 Å². The van der Waals surface area contributed by atoms with E-state index in [2.05, 4.69) is 4.98 Å². The second-order valence-electron chi connectivity index (χ2n) is 4.59. The average molecular weight is 290 g/mol. The second kappa shape index (κ2) is 5.23. The summed E-state index contributed by atoms with van der Waals surface area (Å²) in [4.78, 5) is 4.53. The minimum absolute atomic E-state index is 0.303. The zero-order valence-electron chi connectivity index (χ0n) is 10.7. The number of imidazole rings is 1. The number of pyridine rings is 1. The predicted molar refractivity (Wildman–Crippen MR) is 77.3 cm³/mol. The summed E-state index contributed by atoms with van der Waals surface area (Å²) in [5.41, 5.74) is 9.27. The van der Waals surface area contributed by atoms with E-state index in [4.69, 9.17) is 17.3 Å². The lowest BCUT2D eigenvalue weighted by molar-refractivity contribution is 0.617. The van der Waals surface area contributed by atoms with E-state index in [-0.39, 0.29) is 5.82 Å². The molecule has 102 valence electrons. The van der Waals surface area contributed by atoms with Gasteiger partial charge < -0.3 is 5.73 Å². The van der Waals surface area contributed by atoms with E-state index in [1.54, 1.807) is 10.5 Å². The van der Waals surface area contributed by atoms with Gasteiger partial charge in [0.2, 0.25) is 0 Å². The smallest absolute Gasteiger partial charge is 0.139 e. The summed E-state index contributed by atoms with van der Waals surface area (Å²) in [5.74, 6) is -0.303. The number of fused-ring (bicyclic) bond motifs is 1. The highest BCUT2D eigenvalue weighted by Gasteiger charge is 2.11. The zero-order valence-corrected chi connectivity index (χ0v) is 11.4. The third-order valence-electron chi connectivity index (χ3n) is 3.24. The molecule has 0 atom stereocenters. The molecule has 0 aliphatic heterocycles. The van der Waals surface area contributed by atoms with Crippen LogP contribution in [0.4, 0.5) is 4.39 Å². The molecule has 3 aromatic rings. The number of nitrogens with two attached hydrogens (primary N) is 1. The van der Waals surface area contributed by atoms with Crippen molar-refractivity contribution in [3.63, 3.8) is 0 Å². The lowest BCUT2D eigenvalue weighted by Crippen LogP contribution is -2.05. The summed E-state index contributed by atoms with van der Waals surface area (Å²) in [6.07, 6.45) is 2.06. The topological polar surface area (TPSA) is 43.3 Å². The Labute approximate surface area is 120 Å². The van der Waals surface area contributed by atoms with Gasteiger partial charge in [-0.15, -0.1) is 0 Å². The fourth-order valence-electron chi connectivity index (χ4n) is 2.27. The summed E-state index contributed by atoms with van der Waals surface area (Å²) in [5, 5.41) is 0.699. The lowest BCUT2D eigenvalue weighted by Gasteiger charge is -2.03. The van der Waals surface area contributed by atoms with Crippen LogP contribution in [0.25, 0.3) is 5.65 Å². The molecule has 2 aromatic heterocycles. The predicted octanol–water partition coefficient (Wildman–Crippen LogP) is 3.18. The van der Waals surface area contributed by atoms with Gasteiger partial charge in [0.1, 0.15) is 11.5 Å². The summed E-state index contributed by atoms with van der Waals surface area (Å²) < 4.78 is 15.0. The highest BCUT2D eigenvalue weighted by molar-refractivity contribution is 6.30. The van der Waals surface area contributed by atoms with Gasteiger partial charge in [0.05, 0.1) is 11.4 Å². The molecule has 0 aliphatic rings. The Balaban J connectivity index is 2.04. The number of hydrogen-bond donors (Lipinski definition) is 1. The maximum absolute atomic E-state index is 13.3. The van der Waals surface area contributed by atoms with Crippen molar-refractivity contribution in [1.29, 1.82) is 0 Å². The fourth-order valence-corrected chi connectivity index (χ4v) is 2.40. The van der Waals surface area contributed by atoms with E-state index in [0.29, 0.717) is 23.6 Å². The van der Waals surface area contributed by atoms with Crippen molar-refractivity contribution >= 4 is 17.2 Å². The third kappa shape index (κ3) is 2.40. The van der Waals surface area contributed by atoms with Crippen molar-refractivity contribution in [3.8, 4) is 0 Å². The van der Waals surface area contributed by atoms with E-state index in [0.717, 1.165) is 17.0 Å². The van der Waals surface area contributed by atoms with Crippen LogP contribution in [0.2, 0.25) is 5.02 Å². The van der Waals surface area contributed by atoms with Crippen LogP contribution in [-0.4, -0.2) is 9.38 Å². The molecule has 1 aromatic carbocycles. The minimum Gasteiger partial charge on any atom is -0.325 e. The number of benzene rings is 1. The van der Waals surface area contributed by atoms with E-state index in [9.17, 15) is 4.39 Å². The average Bonchev–Trinajstić information content (AvgIpc) is 2.78. The van der Waals surface area contributed by atoms with Gasteiger partial charge in [-0.25, -0.2) is 9.37 Å². The molecule has 5 heteroatoms. The van der Waals surface area contributed by atoms with Crippen molar-refractivity contribution in [2.24, 2.45) is 5.73 Å². The molecule has 0 spiro atoms. The van der Waals surface area contributed by atoms with Gasteiger partial charge in [-0.1, -0.05) is 23.7 Å². The van der Waals surface area contributed by atoms with Crippen LogP contribution >= 0.6 is 11.6 Å². The van der Waals surface area contributed by atoms with Gasteiger partial charge >= 0.3 is 0 Å². The van der Waals surface area contributed by atoms with Crippen LogP contribution in [0.5, 0.6) is 0 Å². The molecule has 0 bridgehead atoms. The molecule has 0 aliphatic carbocycles. The van der Waals surface area contributed by atoms with Crippen LogP contribution in [0, 0.1) is 5.82 Å². The van der Waals surface area contributed by atoms with Crippen LogP contribution < -0.4 is 5.73 Å². The largest absolute Gasteiger partial charge is 0.325 e. The molecule has 0 saturated heterocycles. The van der Waals surface area contributed by atoms with E-state index >= 15 is 0 Å². The fraction of sp³-hybridized carbons (Fsp3) is 0.133. The minimum atomic E-state index is -0.303. The summed E-state index contributed by atoms with van der Waals surface area (Å²) in [6.45, 7) is 0.313. The van der Waals surface area contributed by atoms with Gasteiger partial charge in [-0.05, 0) is 29.8 Å². The molecule has 0 saturated carbocycles. The van der Waals surface area contributed by atoms with Gasteiger partial charge in [-0.2, -0.15) is 0 Å². The van der Waals surface area contributed by atoms with Crippen LogP contribution in [0.1, 0.15) is 17.0 Å². The second-order valence-corrected chi connectivity index (χ2v) is 5.02. The first-order valence-corrected chi connectivity index (χ1v) is 6.65. The van der Waals surface area contributed by atoms with Gasteiger partial charge in [0.15, 0.2) is 0 Å². The summed E-state index contributed by atoms with van der Waals surface area (Å²) in [7, 11) is 0. The molecule has 3 rings (SSSR count). The first kappa shape index (κ1) is 13.1. The quantitative estimate of drug-likeness (QED) is 0.805. The maximum atomic E-state index is 13.3. The van der Waals surface area contributed by atoms with Crippen LogP contribution in [0.15, 0.2) is 42.6 Å². The standard InChI is InChI=1S/C15H13ClFN3/c16-11-3-1-10(2-4-11)7-13-14(8-18)20-9-12(17)5-6-15(20)19-13/h1-6,9H,7-8,18H2. The van der Waals surface area contributed by atoms with Crippen molar-refractivity contribution in [1.82, 2.24) is 9.38 Å². The Morgan fingerprint density at radius 3 is 2.60 bits per heavy atom. The van der Waals surface area contributed by atoms with Crippen LogP contribution in [0.3, 0.4) is 0 Å². The monoisotopic (exact) mass is 289 g/mol. The van der Waals surface area contributed by atoms with Crippen molar-refractivity contribution in [2.45, 2.75) is 13.0 Å². The number of aromatic nitrogens is 2. The molecular weight excluding hydrogens is 277 g/mol. The third-order valence-corrected chi connectivity index (χ3v) is 3.49. The molecular formula is C15H13ClFN3. The van der Waals surface area contributed by atoms with Crippen molar-refractivity contribution in [2.75, 3.05) is 0 Å². The van der Waals surface area contributed by atoms with Crippen molar-refractivity contribution in [3.05, 3.63) is 70.4 Å². The first-order chi connectivity index (χ1) is 9.67. The van der Waals surface area contributed by atoms with Crippen LogP contribution in [-0.2, 0) is 13.0 Å². The highest BCUT2D eigenvalue weighted by atomic mass is 35.5. The molecule has 20 heavy (non-hydrogen) atoms. The Kier molecular flexibility index (Phi) is 3.42. The highest BCUT2D eigenvalue weighted by Crippen LogP contribution is 2.18. The van der Waals surface area contributed by atoms with Gasteiger partial charge in [0.25, 0.3) is 0 Å². The molecule has 0 unspecified atom stereocenters. The Morgan fingerprint density at radius 1 is 1.15 bits per heavy atom. The lowest BCUT2D eigenvalue weighted by atomic mass is 10.1. The number of hydrogen-bond acceptors (Lipinski definition) is 2. The normalized spacial score (nSPS) is 11.2. The number of halogens is 2. The van der Waals surface area contributed by atoms with Crippen molar-refractivity contribution < 1.29 is 4.39 Å². The summed E-state index contributed by atoms with van der Waals surface area (Å²) in [6, 6.07) is 10.6. The first-order valence-electron chi connectivity index (χ1n) is 6.27. The number of rotatable bonds is 3. The van der Waals surface area contributed by atoms with E-state index in [1.165, 1.54) is 12.3 Å². The number of nitrogens with zero attached hydrogens (tertiary/aromatic N) is 2. The Bertz CT molecular complexity index is 750. The molecule has 3 nitrogen and oxygen atoms in total. The van der Waals surface area contributed by atoms with E-state index < -0.39 is 0 Å².